The zero-order chi connectivity index (χ0) is 23.9. The Hall–Kier alpha value is -4.21. The summed E-state index contributed by atoms with van der Waals surface area (Å²) in [6.45, 7) is 3.03. The van der Waals surface area contributed by atoms with E-state index in [0.717, 1.165) is 18.2 Å². The third-order valence-electron chi connectivity index (χ3n) is 5.27. The minimum atomic E-state index is -0.873. The number of amides is 2. The molecule has 2 amide bonds. The topological polar surface area (TPSA) is 103 Å². The lowest BCUT2D eigenvalue weighted by atomic mass is 10.1. The number of nitrogens with two attached hydrogens (primary N) is 1. The molecule has 0 saturated carbocycles. The highest BCUT2D eigenvalue weighted by Gasteiger charge is 2.22. The first-order valence-corrected chi connectivity index (χ1v) is 9.84. The summed E-state index contributed by atoms with van der Waals surface area (Å²) in [6, 6.07) is 8.70. The Morgan fingerprint density at radius 3 is 2.33 bits per heavy atom. The Morgan fingerprint density at radius 2 is 1.67 bits per heavy atom. The highest BCUT2D eigenvalue weighted by molar-refractivity contribution is 6.14. The van der Waals surface area contributed by atoms with Gasteiger partial charge in [-0.1, -0.05) is 12.1 Å². The van der Waals surface area contributed by atoms with Crippen molar-refractivity contribution in [1.82, 2.24) is 14.8 Å². The number of hydrogen-bond acceptors (Lipinski definition) is 4. The van der Waals surface area contributed by atoms with Crippen molar-refractivity contribution in [2.75, 3.05) is 5.32 Å². The minimum absolute atomic E-state index is 0.0730. The molecule has 10 heteroatoms. The molecule has 3 N–H and O–H groups in total. The molecule has 168 valence electrons. The molecule has 0 aliphatic heterocycles. The Kier molecular flexibility index (Phi) is 5.59. The molecule has 7 nitrogen and oxygen atoms in total. The zero-order valence-electron chi connectivity index (χ0n) is 17.6. The SMILES string of the molecule is Cc1nn(Cc2c(F)cccc2F)c(C)c1NC(=O)c1cc(C(N)=O)nc2cccc(F)c12. The molecule has 2 heterocycles. The Labute approximate surface area is 186 Å². The maximum atomic E-state index is 14.5. The van der Waals surface area contributed by atoms with E-state index in [-0.39, 0.29) is 34.3 Å². The summed E-state index contributed by atoms with van der Waals surface area (Å²) in [7, 11) is 0. The Balaban J connectivity index is 1.73. The van der Waals surface area contributed by atoms with Gasteiger partial charge >= 0.3 is 0 Å². The minimum Gasteiger partial charge on any atom is -0.364 e. The lowest BCUT2D eigenvalue weighted by Crippen LogP contribution is -2.18. The van der Waals surface area contributed by atoms with Crippen molar-refractivity contribution in [3.63, 3.8) is 0 Å². The third kappa shape index (κ3) is 4.02. The predicted octanol–water partition coefficient (Wildman–Crippen LogP) is 3.86. The second-order valence-electron chi connectivity index (χ2n) is 7.41. The second kappa shape index (κ2) is 8.38. The molecule has 0 atom stereocenters. The molecule has 4 rings (SSSR count). The van der Waals surface area contributed by atoms with E-state index in [0.29, 0.717) is 17.1 Å². The quantitative estimate of drug-likeness (QED) is 0.479. The van der Waals surface area contributed by atoms with Gasteiger partial charge in [0.25, 0.3) is 11.8 Å². The summed E-state index contributed by atoms with van der Waals surface area (Å²) >= 11 is 0. The summed E-state index contributed by atoms with van der Waals surface area (Å²) in [6.07, 6.45) is 0. The first kappa shape index (κ1) is 22.0. The summed E-state index contributed by atoms with van der Waals surface area (Å²) in [4.78, 5) is 28.8. The molecular formula is C23H18F3N5O2. The maximum absolute atomic E-state index is 14.5. The summed E-state index contributed by atoms with van der Waals surface area (Å²) < 4.78 is 44.0. The predicted molar refractivity (Wildman–Crippen MR) is 115 cm³/mol. The van der Waals surface area contributed by atoms with Crippen molar-refractivity contribution in [2.45, 2.75) is 20.4 Å². The smallest absolute Gasteiger partial charge is 0.267 e. The standard InChI is InChI=1S/C23H18F3N5O2/c1-11-21(12(2)31(30-11)10-14-15(24)5-3-6-16(14)25)29-23(33)13-9-19(22(27)32)28-18-8-4-7-17(26)20(13)18/h3-9H,10H2,1-2H3,(H2,27,32)(H,29,33). The van der Waals surface area contributed by atoms with Crippen LogP contribution in [0.5, 0.6) is 0 Å². The number of halogens is 3. The molecule has 2 aromatic heterocycles. The van der Waals surface area contributed by atoms with Gasteiger partial charge in [0.05, 0.1) is 34.7 Å². The van der Waals surface area contributed by atoms with Crippen LogP contribution in [0.3, 0.4) is 0 Å². The molecule has 33 heavy (non-hydrogen) atoms. The lowest BCUT2D eigenvalue weighted by Gasteiger charge is -2.11. The largest absolute Gasteiger partial charge is 0.364 e. The van der Waals surface area contributed by atoms with Gasteiger partial charge in [0.2, 0.25) is 0 Å². The molecule has 0 aliphatic rings. The number of nitrogens with one attached hydrogen (secondary N) is 1. The number of pyridine rings is 1. The van der Waals surface area contributed by atoms with E-state index in [4.69, 9.17) is 5.73 Å². The Bertz CT molecular complexity index is 1410. The molecule has 0 saturated heterocycles. The number of aromatic nitrogens is 3. The van der Waals surface area contributed by atoms with Crippen LogP contribution in [0.2, 0.25) is 0 Å². The number of aryl methyl sites for hydroxylation is 1. The van der Waals surface area contributed by atoms with Crippen molar-refractivity contribution in [3.05, 3.63) is 88.1 Å². The van der Waals surface area contributed by atoms with Gasteiger partial charge in [-0.3, -0.25) is 14.3 Å². The van der Waals surface area contributed by atoms with E-state index in [1.54, 1.807) is 13.8 Å². The van der Waals surface area contributed by atoms with Gasteiger partial charge in [-0.05, 0) is 44.2 Å². The molecule has 2 aromatic carbocycles. The number of carbonyl (C=O) groups is 2. The lowest BCUT2D eigenvalue weighted by molar-refractivity contribution is 0.0996. The number of anilines is 1. The molecular weight excluding hydrogens is 435 g/mol. The van der Waals surface area contributed by atoms with Crippen LogP contribution in [0.15, 0.2) is 42.5 Å². The molecule has 4 aromatic rings. The van der Waals surface area contributed by atoms with Crippen molar-refractivity contribution >= 4 is 28.4 Å². The zero-order valence-corrected chi connectivity index (χ0v) is 17.6. The normalized spacial score (nSPS) is 11.1. The van der Waals surface area contributed by atoms with Gasteiger partial charge in [0, 0.05) is 10.9 Å². The van der Waals surface area contributed by atoms with Gasteiger partial charge in [0.1, 0.15) is 23.1 Å². The van der Waals surface area contributed by atoms with Crippen LogP contribution in [0.4, 0.5) is 18.9 Å². The summed E-state index contributed by atoms with van der Waals surface area (Å²) in [5.74, 6) is -3.72. The van der Waals surface area contributed by atoms with Gasteiger partial charge in [0.15, 0.2) is 0 Å². The highest BCUT2D eigenvalue weighted by Crippen LogP contribution is 2.26. The molecule has 0 fully saturated rings. The van der Waals surface area contributed by atoms with Crippen molar-refractivity contribution in [1.29, 1.82) is 0 Å². The van der Waals surface area contributed by atoms with Gasteiger partial charge in [-0.25, -0.2) is 18.2 Å². The van der Waals surface area contributed by atoms with E-state index in [9.17, 15) is 22.8 Å². The van der Waals surface area contributed by atoms with E-state index in [1.165, 1.54) is 28.9 Å². The van der Waals surface area contributed by atoms with Gasteiger partial charge in [-0.2, -0.15) is 5.10 Å². The van der Waals surface area contributed by atoms with Crippen molar-refractivity contribution < 1.29 is 22.8 Å². The molecule has 0 bridgehead atoms. The monoisotopic (exact) mass is 453 g/mol. The van der Waals surface area contributed by atoms with E-state index >= 15 is 0 Å². The third-order valence-corrected chi connectivity index (χ3v) is 5.27. The first-order chi connectivity index (χ1) is 15.7. The Morgan fingerprint density at radius 1 is 1.03 bits per heavy atom. The number of fused-ring (bicyclic) bond motifs is 1. The fourth-order valence-electron chi connectivity index (χ4n) is 3.59. The number of carbonyl (C=O) groups excluding carboxylic acids is 2. The van der Waals surface area contributed by atoms with Gasteiger partial charge in [-0.15, -0.1) is 0 Å². The summed E-state index contributed by atoms with van der Waals surface area (Å²) in [5.41, 5.74) is 6.00. The number of benzene rings is 2. The van der Waals surface area contributed by atoms with E-state index in [1.807, 2.05) is 0 Å². The number of primary amides is 1. The molecule has 0 unspecified atom stereocenters. The second-order valence-corrected chi connectivity index (χ2v) is 7.41. The number of hydrogen-bond donors (Lipinski definition) is 2. The number of nitrogens with zero attached hydrogens (tertiary/aromatic N) is 3. The van der Waals surface area contributed by atoms with Crippen LogP contribution >= 0.6 is 0 Å². The maximum Gasteiger partial charge on any atom is 0.267 e. The number of rotatable bonds is 5. The van der Waals surface area contributed by atoms with Crippen LogP contribution in [0.25, 0.3) is 10.9 Å². The average Bonchev–Trinajstić information content (AvgIpc) is 3.03. The molecule has 0 spiro atoms. The van der Waals surface area contributed by atoms with Crippen LogP contribution in [-0.2, 0) is 6.54 Å². The van der Waals surface area contributed by atoms with Crippen LogP contribution in [0, 0.1) is 31.3 Å². The van der Waals surface area contributed by atoms with Crippen LogP contribution in [-0.4, -0.2) is 26.6 Å². The van der Waals surface area contributed by atoms with Crippen molar-refractivity contribution in [2.24, 2.45) is 5.73 Å². The molecule has 0 aliphatic carbocycles. The van der Waals surface area contributed by atoms with Crippen molar-refractivity contribution in [3.8, 4) is 0 Å². The van der Waals surface area contributed by atoms with E-state index in [2.05, 4.69) is 15.4 Å². The van der Waals surface area contributed by atoms with Gasteiger partial charge < -0.3 is 11.1 Å². The average molecular weight is 453 g/mol. The highest BCUT2D eigenvalue weighted by atomic mass is 19.1. The fraction of sp³-hybridized carbons (Fsp3) is 0.130. The summed E-state index contributed by atoms with van der Waals surface area (Å²) in [5, 5.41) is 6.85. The first-order valence-electron chi connectivity index (χ1n) is 9.84. The van der Waals surface area contributed by atoms with Crippen LogP contribution in [0.1, 0.15) is 37.8 Å². The fourth-order valence-corrected chi connectivity index (χ4v) is 3.59. The molecule has 0 radical (unpaired) electrons. The van der Waals surface area contributed by atoms with Crippen LogP contribution < -0.4 is 11.1 Å². The van der Waals surface area contributed by atoms with E-state index < -0.39 is 29.3 Å².